The Balaban J connectivity index is 1.28. The lowest BCUT2D eigenvalue weighted by atomic mass is 9.99. The first kappa shape index (κ1) is 20.6. The maximum absolute atomic E-state index is 12.7. The number of rotatable bonds is 5. The van der Waals surface area contributed by atoms with Gasteiger partial charge >= 0.3 is 0 Å². The van der Waals surface area contributed by atoms with E-state index >= 15 is 0 Å². The molecule has 2 aromatic rings. The number of nitrogens with one attached hydrogen (secondary N) is 1. The van der Waals surface area contributed by atoms with Crippen LogP contribution in [0.4, 0.5) is 11.6 Å². The highest BCUT2D eigenvalue weighted by Crippen LogP contribution is 2.21. The van der Waals surface area contributed by atoms with Crippen LogP contribution in [0.2, 0.25) is 0 Å². The van der Waals surface area contributed by atoms with Crippen LogP contribution in [-0.2, 0) is 6.42 Å². The van der Waals surface area contributed by atoms with Gasteiger partial charge in [-0.25, -0.2) is 15.0 Å². The first-order valence-corrected chi connectivity index (χ1v) is 11.2. The average Bonchev–Trinajstić information content (AvgIpc) is 2.80. The standard InChI is InChI=1S/C23H32N6O/c1-3-19-14-22(26-16-25-19)28-12-8-20(9-13-28)27-21-5-4-18(15-24-21)23(30)29-10-6-17(2)7-11-29/h4-5,14-17,20H,3,6-13H2,1-2H3,(H,24,27). The maximum Gasteiger partial charge on any atom is 0.255 e. The molecule has 2 fully saturated rings. The van der Waals surface area contributed by atoms with Gasteiger partial charge in [0, 0.05) is 50.2 Å². The lowest BCUT2D eigenvalue weighted by molar-refractivity contribution is 0.0697. The molecule has 160 valence electrons. The predicted octanol–water partition coefficient (Wildman–Crippen LogP) is 3.39. The zero-order valence-electron chi connectivity index (χ0n) is 18.0. The zero-order valence-corrected chi connectivity index (χ0v) is 18.0. The molecule has 0 aromatic carbocycles. The quantitative estimate of drug-likeness (QED) is 0.817. The number of piperidine rings is 2. The highest BCUT2D eigenvalue weighted by atomic mass is 16.2. The van der Waals surface area contributed by atoms with Gasteiger partial charge in [-0.15, -0.1) is 0 Å². The Bertz CT molecular complexity index is 839. The number of carbonyl (C=O) groups is 1. The van der Waals surface area contributed by atoms with Gasteiger partial charge < -0.3 is 15.1 Å². The number of pyridine rings is 1. The van der Waals surface area contributed by atoms with Crippen LogP contribution in [0.3, 0.4) is 0 Å². The Morgan fingerprint density at radius 2 is 1.83 bits per heavy atom. The van der Waals surface area contributed by atoms with Crippen molar-refractivity contribution >= 4 is 17.5 Å². The number of nitrogens with zero attached hydrogens (tertiary/aromatic N) is 5. The number of hydrogen-bond donors (Lipinski definition) is 1. The maximum atomic E-state index is 12.7. The van der Waals surface area contributed by atoms with Gasteiger partial charge in [0.05, 0.1) is 5.56 Å². The van der Waals surface area contributed by atoms with E-state index in [1.54, 1.807) is 12.5 Å². The molecule has 7 nitrogen and oxygen atoms in total. The van der Waals surface area contributed by atoms with Crippen molar-refractivity contribution in [1.82, 2.24) is 19.9 Å². The summed E-state index contributed by atoms with van der Waals surface area (Å²) >= 11 is 0. The molecular weight excluding hydrogens is 376 g/mol. The van der Waals surface area contributed by atoms with Crippen molar-refractivity contribution in [2.45, 2.75) is 52.0 Å². The molecular formula is C23H32N6O. The molecule has 0 atom stereocenters. The third kappa shape index (κ3) is 4.89. The largest absolute Gasteiger partial charge is 0.367 e. The minimum Gasteiger partial charge on any atom is -0.367 e. The highest BCUT2D eigenvalue weighted by Gasteiger charge is 2.23. The Morgan fingerprint density at radius 1 is 1.07 bits per heavy atom. The van der Waals surface area contributed by atoms with Crippen LogP contribution < -0.4 is 10.2 Å². The molecule has 2 saturated heterocycles. The summed E-state index contributed by atoms with van der Waals surface area (Å²) in [7, 11) is 0. The van der Waals surface area contributed by atoms with Gasteiger partial charge in [0.1, 0.15) is 18.0 Å². The summed E-state index contributed by atoms with van der Waals surface area (Å²) in [5.74, 6) is 2.68. The van der Waals surface area contributed by atoms with Gasteiger partial charge in [-0.1, -0.05) is 13.8 Å². The topological polar surface area (TPSA) is 74.2 Å². The minimum absolute atomic E-state index is 0.102. The first-order valence-electron chi connectivity index (χ1n) is 11.2. The summed E-state index contributed by atoms with van der Waals surface area (Å²) in [5, 5.41) is 3.53. The van der Waals surface area contributed by atoms with Gasteiger partial charge in [0.25, 0.3) is 5.91 Å². The summed E-state index contributed by atoms with van der Waals surface area (Å²) < 4.78 is 0. The molecule has 0 unspecified atom stereocenters. The van der Waals surface area contributed by atoms with E-state index < -0.39 is 0 Å². The second-order valence-corrected chi connectivity index (χ2v) is 8.53. The van der Waals surface area contributed by atoms with E-state index in [1.807, 2.05) is 17.0 Å². The predicted molar refractivity (Wildman–Crippen MR) is 119 cm³/mol. The summed E-state index contributed by atoms with van der Waals surface area (Å²) in [6.07, 6.45) is 8.54. The van der Waals surface area contributed by atoms with Crippen LogP contribution in [0.5, 0.6) is 0 Å². The smallest absolute Gasteiger partial charge is 0.255 e. The molecule has 0 spiro atoms. The third-order valence-corrected chi connectivity index (χ3v) is 6.32. The van der Waals surface area contributed by atoms with Crippen LogP contribution in [0, 0.1) is 5.92 Å². The molecule has 0 saturated carbocycles. The minimum atomic E-state index is 0.102. The number of carbonyl (C=O) groups excluding carboxylic acids is 1. The number of anilines is 2. The molecule has 2 aliphatic rings. The van der Waals surface area contributed by atoms with Crippen molar-refractivity contribution in [3.05, 3.63) is 42.0 Å². The molecule has 0 aliphatic carbocycles. The fourth-order valence-corrected chi connectivity index (χ4v) is 4.21. The molecule has 2 aromatic heterocycles. The Morgan fingerprint density at radius 3 is 2.50 bits per heavy atom. The summed E-state index contributed by atoms with van der Waals surface area (Å²) in [4.78, 5) is 30.2. The van der Waals surface area contributed by atoms with Gasteiger partial charge in [0.15, 0.2) is 0 Å². The summed E-state index contributed by atoms with van der Waals surface area (Å²) in [6, 6.07) is 6.31. The van der Waals surface area contributed by atoms with E-state index in [-0.39, 0.29) is 5.91 Å². The molecule has 0 bridgehead atoms. The van der Waals surface area contributed by atoms with Crippen molar-refractivity contribution in [3.63, 3.8) is 0 Å². The van der Waals surface area contributed by atoms with E-state index in [1.165, 1.54) is 0 Å². The third-order valence-electron chi connectivity index (χ3n) is 6.32. The van der Waals surface area contributed by atoms with Crippen molar-refractivity contribution in [1.29, 1.82) is 0 Å². The fraction of sp³-hybridized carbons (Fsp3) is 0.565. The molecule has 4 rings (SSSR count). The molecule has 1 amide bonds. The molecule has 1 N–H and O–H groups in total. The number of hydrogen-bond acceptors (Lipinski definition) is 6. The second kappa shape index (κ2) is 9.41. The van der Waals surface area contributed by atoms with Gasteiger partial charge in [0.2, 0.25) is 0 Å². The van der Waals surface area contributed by atoms with Crippen LogP contribution >= 0.6 is 0 Å². The van der Waals surface area contributed by atoms with E-state index in [9.17, 15) is 4.79 Å². The molecule has 2 aliphatic heterocycles. The fourth-order valence-electron chi connectivity index (χ4n) is 4.21. The zero-order chi connectivity index (χ0) is 20.9. The SMILES string of the molecule is CCc1cc(N2CCC(Nc3ccc(C(=O)N4CCC(C)CC4)cn3)CC2)ncn1. The summed E-state index contributed by atoms with van der Waals surface area (Å²) in [6.45, 7) is 7.99. The van der Waals surface area contributed by atoms with Crippen molar-refractivity contribution in [2.75, 3.05) is 36.4 Å². The Labute approximate surface area is 178 Å². The van der Waals surface area contributed by atoms with Crippen molar-refractivity contribution < 1.29 is 4.79 Å². The van der Waals surface area contributed by atoms with E-state index in [2.05, 4.69) is 45.1 Å². The van der Waals surface area contributed by atoms with E-state index in [0.717, 1.165) is 75.6 Å². The van der Waals surface area contributed by atoms with Crippen LogP contribution in [-0.4, -0.2) is 58.0 Å². The Kier molecular flexibility index (Phi) is 6.45. The lowest BCUT2D eigenvalue weighted by Gasteiger charge is -2.33. The lowest BCUT2D eigenvalue weighted by Crippen LogP contribution is -2.39. The number of amides is 1. The second-order valence-electron chi connectivity index (χ2n) is 8.53. The normalized spacial score (nSPS) is 18.5. The number of aryl methyl sites for hydroxylation is 1. The number of aromatic nitrogens is 3. The first-order chi connectivity index (χ1) is 14.6. The van der Waals surface area contributed by atoms with Crippen LogP contribution in [0.15, 0.2) is 30.7 Å². The molecule has 7 heteroatoms. The van der Waals surface area contributed by atoms with Crippen molar-refractivity contribution in [3.8, 4) is 0 Å². The van der Waals surface area contributed by atoms with Crippen LogP contribution in [0.1, 0.15) is 55.6 Å². The van der Waals surface area contributed by atoms with Crippen molar-refractivity contribution in [2.24, 2.45) is 5.92 Å². The molecule has 30 heavy (non-hydrogen) atoms. The van der Waals surface area contributed by atoms with E-state index in [0.29, 0.717) is 17.5 Å². The Hall–Kier alpha value is -2.70. The number of likely N-dealkylation sites (tertiary alicyclic amines) is 1. The highest BCUT2D eigenvalue weighted by molar-refractivity contribution is 5.94. The van der Waals surface area contributed by atoms with Gasteiger partial charge in [-0.3, -0.25) is 4.79 Å². The average molecular weight is 409 g/mol. The monoisotopic (exact) mass is 408 g/mol. The summed E-state index contributed by atoms with van der Waals surface area (Å²) in [5.41, 5.74) is 1.76. The van der Waals surface area contributed by atoms with E-state index in [4.69, 9.17) is 0 Å². The molecule has 0 radical (unpaired) electrons. The van der Waals surface area contributed by atoms with Gasteiger partial charge in [-0.2, -0.15) is 0 Å². The van der Waals surface area contributed by atoms with Crippen LogP contribution in [0.25, 0.3) is 0 Å². The van der Waals surface area contributed by atoms with Gasteiger partial charge in [-0.05, 0) is 50.2 Å². The molecule has 4 heterocycles.